The van der Waals surface area contributed by atoms with E-state index < -0.39 is 0 Å². The van der Waals surface area contributed by atoms with Crippen molar-refractivity contribution in [3.05, 3.63) is 65.2 Å². The van der Waals surface area contributed by atoms with Gasteiger partial charge in [-0.15, -0.1) is 0 Å². The predicted octanol–water partition coefficient (Wildman–Crippen LogP) is 4.16. The third-order valence-corrected chi connectivity index (χ3v) is 6.16. The Bertz CT molecular complexity index is 888. The topological polar surface area (TPSA) is 49.9 Å². The van der Waals surface area contributed by atoms with E-state index in [0.717, 1.165) is 74.3 Å². The van der Waals surface area contributed by atoms with Crippen molar-refractivity contribution in [1.29, 1.82) is 0 Å². The molecule has 2 amide bonds. The molecular formula is C25H30N2O3. The van der Waals surface area contributed by atoms with Crippen LogP contribution in [0.1, 0.15) is 52.0 Å². The molecule has 0 spiro atoms. The van der Waals surface area contributed by atoms with Crippen molar-refractivity contribution in [2.75, 3.05) is 32.8 Å². The van der Waals surface area contributed by atoms with Crippen molar-refractivity contribution in [1.82, 2.24) is 9.80 Å². The number of nitrogens with zero attached hydrogens (tertiary/aromatic N) is 2. The summed E-state index contributed by atoms with van der Waals surface area (Å²) in [4.78, 5) is 29.2. The molecule has 2 aliphatic heterocycles. The molecule has 1 atom stereocenters. The molecular weight excluding hydrogens is 376 g/mol. The van der Waals surface area contributed by atoms with Gasteiger partial charge in [0.2, 0.25) is 0 Å². The highest BCUT2D eigenvalue weighted by Crippen LogP contribution is 2.22. The molecule has 2 aromatic carbocycles. The maximum absolute atomic E-state index is 12.9. The van der Waals surface area contributed by atoms with E-state index in [2.05, 4.69) is 0 Å². The first-order valence-corrected chi connectivity index (χ1v) is 11.0. The highest BCUT2D eigenvalue weighted by Gasteiger charge is 2.26. The molecule has 0 bridgehead atoms. The van der Waals surface area contributed by atoms with E-state index in [0.29, 0.717) is 12.5 Å². The number of aryl methyl sites for hydroxylation is 1. The van der Waals surface area contributed by atoms with Gasteiger partial charge in [-0.3, -0.25) is 9.59 Å². The number of hydrogen-bond donors (Lipinski definition) is 0. The minimum absolute atomic E-state index is 0.108. The van der Waals surface area contributed by atoms with Crippen LogP contribution < -0.4 is 4.74 Å². The van der Waals surface area contributed by atoms with Crippen molar-refractivity contribution in [2.45, 2.75) is 32.6 Å². The van der Waals surface area contributed by atoms with Gasteiger partial charge in [0.1, 0.15) is 5.75 Å². The fourth-order valence-corrected chi connectivity index (χ4v) is 4.38. The van der Waals surface area contributed by atoms with Gasteiger partial charge in [-0.1, -0.05) is 18.2 Å². The molecule has 0 N–H and O–H groups in total. The van der Waals surface area contributed by atoms with E-state index in [1.54, 1.807) is 0 Å². The second-order valence-corrected chi connectivity index (χ2v) is 8.41. The zero-order valence-electron chi connectivity index (χ0n) is 17.7. The van der Waals surface area contributed by atoms with Crippen LogP contribution in [0.15, 0.2) is 48.5 Å². The Morgan fingerprint density at radius 3 is 2.33 bits per heavy atom. The number of likely N-dealkylation sites (tertiary alicyclic amines) is 2. The lowest BCUT2D eigenvalue weighted by molar-refractivity contribution is 0.0632. The fourth-order valence-electron chi connectivity index (χ4n) is 4.38. The number of benzene rings is 2. The minimum Gasteiger partial charge on any atom is -0.493 e. The van der Waals surface area contributed by atoms with Gasteiger partial charge in [0.05, 0.1) is 6.61 Å². The summed E-state index contributed by atoms with van der Waals surface area (Å²) in [6.45, 7) is 5.80. The number of ether oxygens (including phenoxy) is 1. The lowest BCUT2D eigenvalue weighted by Crippen LogP contribution is -2.41. The minimum atomic E-state index is 0.108. The van der Waals surface area contributed by atoms with E-state index >= 15 is 0 Å². The number of piperidine rings is 1. The summed E-state index contributed by atoms with van der Waals surface area (Å²) in [6, 6.07) is 15.2. The summed E-state index contributed by atoms with van der Waals surface area (Å²) >= 11 is 0. The molecule has 0 aromatic heterocycles. The molecule has 0 saturated carbocycles. The van der Waals surface area contributed by atoms with Gasteiger partial charge in [-0.2, -0.15) is 0 Å². The molecule has 0 aliphatic carbocycles. The van der Waals surface area contributed by atoms with Gasteiger partial charge in [-0.05, 0) is 68.5 Å². The summed E-state index contributed by atoms with van der Waals surface area (Å²) in [5.41, 5.74) is 2.53. The number of carbonyl (C=O) groups excluding carboxylic acids is 2. The highest BCUT2D eigenvalue weighted by molar-refractivity contribution is 5.95. The van der Waals surface area contributed by atoms with E-state index in [4.69, 9.17) is 4.74 Å². The van der Waals surface area contributed by atoms with Crippen molar-refractivity contribution >= 4 is 11.8 Å². The van der Waals surface area contributed by atoms with E-state index in [1.807, 2.05) is 65.3 Å². The van der Waals surface area contributed by atoms with Crippen molar-refractivity contribution < 1.29 is 14.3 Å². The standard InChI is InChI=1S/C25H30N2O3/c1-19-7-2-3-9-23(19)25(29)27-16-6-8-20(17-27)18-30-22-12-10-21(11-13-22)24(28)26-14-4-5-15-26/h2-3,7,9-13,20H,4-6,8,14-18H2,1H3/t20-/m1/s1. The van der Waals surface area contributed by atoms with Crippen LogP contribution in [0.4, 0.5) is 0 Å². The number of rotatable bonds is 5. The van der Waals surface area contributed by atoms with Gasteiger partial charge in [0.15, 0.2) is 0 Å². The van der Waals surface area contributed by atoms with Gasteiger partial charge in [0.25, 0.3) is 11.8 Å². The summed E-state index contributed by atoms with van der Waals surface area (Å²) in [5, 5.41) is 0. The summed E-state index contributed by atoms with van der Waals surface area (Å²) in [7, 11) is 0. The molecule has 158 valence electrons. The van der Waals surface area contributed by atoms with Crippen LogP contribution in [0.3, 0.4) is 0 Å². The second kappa shape index (κ2) is 9.33. The summed E-state index contributed by atoms with van der Waals surface area (Å²) in [6.07, 6.45) is 4.24. The molecule has 4 rings (SSSR count). The largest absolute Gasteiger partial charge is 0.493 e. The number of hydrogen-bond acceptors (Lipinski definition) is 3. The summed E-state index contributed by atoms with van der Waals surface area (Å²) < 4.78 is 6.00. The molecule has 2 saturated heterocycles. The maximum atomic E-state index is 12.9. The quantitative estimate of drug-likeness (QED) is 0.749. The fraction of sp³-hybridized carbons (Fsp3) is 0.440. The normalized spacial score (nSPS) is 19.0. The molecule has 0 unspecified atom stereocenters. The van der Waals surface area contributed by atoms with Gasteiger partial charge in [-0.25, -0.2) is 0 Å². The van der Waals surface area contributed by atoms with Gasteiger partial charge in [0, 0.05) is 43.2 Å². The molecule has 2 aliphatic rings. The molecule has 2 aromatic rings. The van der Waals surface area contributed by atoms with Crippen LogP contribution in [0, 0.1) is 12.8 Å². The Labute approximate surface area is 178 Å². The molecule has 2 fully saturated rings. The highest BCUT2D eigenvalue weighted by atomic mass is 16.5. The third kappa shape index (κ3) is 4.66. The smallest absolute Gasteiger partial charge is 0.254 e. The number of carbonyl (C=O) groups is 2. The van der Waals surface area contributed by atoms with E-state index in [-0.39, 0.29) is 11.8 Å². The first kappa shape index (κ1) is 20.5. The van der Waals surface area contributed by atoms with Crippen LogP contribution in [-0.2, 0) is 0 Å². The average molecular weight is 407 g/mol. The SMILES string of the molecule is Cc1ccccc1C(=O)N1CCC[C@@H](COc2ccc(C(=O)N3CCCC3)cc2)C1. The third-order valence-electron chi connectivity index (χ3n) is 6.16. The number of amides is 2. The van der Waals surface area contributed by atoms with Crippen molar-refractivity contribution in [3.8, 4) is 5.75 Å². The summed E-state index contributed by atoms with van der Waals surface area (Å²) in [5.74, 6) is 1.31. The first-order chi connectivity index (χ1) is 14.6. The Hall–Kier alpha value is -2.82. The maximum Gasteiger partial charge on any atom is 0.254 e. The van der Waals surface area contributed by atoms with Crippen LogP contribution in [-0.4, -0.2) is 54.4 Å². The van der Waals surface area contributed by atoms with Crippen LogP contribution in [0.2, 0.25) is 0 Å². The van der Waals surface area contributed by atoms with Crippen molar-refractivity contribution in [3.63, 3.8) is 0 Å². The van der Waals surface area contributed by atoms with Crippen LogP contribution in [0.5, 0.6) is 5.75 Å². The lowest BCUT2D eigenvalue weighted by atomic mass is 9.97. The molecule has 5 nitrogen and oxygen atoms in total. The second-order valence-electron chi connectivity index (χ2n) is 8.41. The van der Waals surface area contributed by atoms with Crippen LogP contribution in [0.25, 0.3) is 0 Å². The monoisotopic (exact) mass is 406 g/mol. The first-order valence-electron chi connectivity index (χ1n) is 11.0. The predicted molar refractivity (Wildman–Crippen MR) is 117 cm³/mol. The zero-order chi connectivity index (χ0) is 20.9. The molecule has 2 heterocycles. The Balaban J connectivity index is 1.31. The molecule has 30 heavy (non-hydrogen) atoms. The Morgan fingerprint density at radius 2 is 1.60 bits per heavy atom. The van der Waals surface area contributed by atoms with E-state index in [1.165, 1.54) is 0 Å². The zero-order valence-corrected chi connectivity index (χ0v) is 17.7. The van der Waals surface area contributed by atoms with Gasteiger partial charge >= 0.3 is 0 Å². The van der Waals surface area contributed by atoms with Crippen LogP contribution >= 0.6 is 0 Å². The molecule has 0 radical (unpaired) electrons. The Kier molecular flexibility index (Phi) is 6.36. The Morgan fingerprint density at radius 1 is 0.900 bits per heavy atom. The molecule has 5 heteroatoms. The van der Waals surface area contributed by atoms with E-state index in [9.17, 15) is 9.59 Å². The van der Waals surface area contributed by atoms with Crippen molar-refractivity contribution in [2.24, 2.45) is 5.92 Å². The van der Waals surface area contributed by atoms with Gasteiger partial charge < -0.3 is 14.5 Å². The average Bonchev–Trinajstić information content (AvgIpc) is 3.33. The lowest BCUT2D eigenvalue weighted by Gasteiger charge is -2.33.